The Morgan fingerprint density at radius 1 is 1.18 bits per heavy atom. The summed E-state index contributed by atoms with van der Waals surface area (Å²) in [5.74, 6) is 0. The van der Waals surface area contributed by atoms with Gasteiger partial charge >= 0.3 is 0 Å². The van der Waals surface area contributed by atoms with Gasteiger partial charge in [-0.1, -0.05) is 20.3 Å². The van der Waals surface area contributed by atoms with Crippen LogP contribution in [0.2, 0.25) is 0 Å². The van der Waals surface area contributed by atoms with E-state index in [9.17, 15) is 0 Å². The van der Waals surface area contributed by atoms with E-state index in [-0.39, 0.29) is 32.7 Å². The summed E-state index contributed by atoms with van der Waals surface area (Å²) in [7, 11) is 0. The Labute approximate surface area is 95.3 Å². The van der Waals surface area contributed by atoms with Crippen LogP contribution in [0.1, 0.15) is 26.7 Å². The van der Waals surface area contributed by atoms with Crippen molar-refractivity contribution >= 4 is 0 Å². The first-order valence-electron chi connectivity index (χ1n) is 3.71. The van der Waals surface area contributed by atoms with E-state index in [2.05, 4.69) is 32.1 Å². The van der Waals surface area contributed by atoms with Crippen LogP contribution in [0.3, 0.4) is 0 Å². The Morgan fingerprint density at radius 3 is 2.45 bits per heavy atom. The van der Waals surface area contributed by atoms with Gasteiger partial charge in [0.05, 0.1) is 0 Å². The Morgan fingerprint density at radius 2 is 1.91 bits per heavy atom. The molecule has 59 valence electrons. The van der Waals surface area contributed by atoms with Crippen LogP contribution in [0.4, 0.5) is 0 Å². The van der Waals surface area contributed by atoms with Gasteiger partial charge in [0, 0.05) is 32.7 Å². The van der Waals surface area contributed by atoms with E-state index >= 15 is 0 Å². The van der Waals surface area contributed by atoms with E-state index in [0.717, 1.165) is 12.8 Å². The van der Waals surface area contributed by atoms with Gasteiger partial charge in [0.15, 0.2) is 0 Å². The Bertz CT molecular complexity index is 116. The number of rotatable bonds is 4. The molecule has 1 radical (unpaired) electrons. The molecule has 0 aromatic heterocycles. The standard InChI is InChI=1S/C10H14.Y/c1-3-5-7-9-10-8-6-4-2;/h5,7-8,10H,3-4H2,1-2H3;/q-2;/b7-5+;. The van der Waals surface area contributed by atoms with Crippen molar-refractivity contribution in [2.75, 3.05) is 0 Å². The molecule has 0 aromatic carbocycles. The topological polar surface area (TPSA) is 0 Å². The number of hydrogen-bond acceptors (Lipinski definition) is 0. The molecule has 0 heterocycles. The van der Waals surface area contributed by atoms with Crippen LogP contribution >= 0.6 is 0 Å². The van der Waals surface area contributed by atoms with Gasteiger partial charge in [0.1, 0.15) is 0 Å². The zero-order chi connectivity index (χ0) is 7.66. The van der Waals surface area contributed by atoms with Crippen molar-refractivity contribution in [2.45, 2.75) is 26.7 Å². The maximum absolute atomic E-state index is 3.05. The van der Waals surface area contributed by atoms with Crippen LogP contribution in [0.25, 0.3) is 0 Å². The molecule has 0 aliphatic carbocycles. The first-order chi connectivity index (χ1) is 4.91. The third kappa shape index (κ3) is 13.3. The van der Waals surface area contributed by atoms with E-state index in [0.29, 0.717) is 0 Å². The first kappa shape index (κ1) is 13.9. The van der Waals surface area contributed by atoms with Crippen LogP contribution in [-0.2, 0) is 32.7 Å². The molecule has 0 atom stereocenters. The molecule has 0 rings (SSSR count). The van der Waals surface area contributed by atoms with Crippen molar-refractivity contribution in [3.63, 3.8) is 0 Å². The van der Waals surface area contributed by atoms with E-state index in [1.807, 2.05) is 18.2 Å². The SMILES string of the molecule is CC[C-]=CC=[C-]/C=C/CC.[Y]. The molecule has 0 N–H and O–H groups in total. The molecule has 0 bridgehead atoms. The van der Waals surface area contributed by atoms with Crippen LogP contribution in [-0.4, -0.2) is 0 Å². The van der Waals surface area contributed by atoms with E-state index < -0.39 is 0 Å². The summed E-state index contributed by atoms with van der Waals surface area (Å²) < 4.78 is 0. The van der Waals surface area contributed by atoms with Gasteiger partial charge in [0.2, 0.25) is 0 Å². The molecular weight excluding hydrogens is 209 g/mol. The average Bonchev–Trinajstić information content (AvgIpc) is 1.97. The molecule has 11 heavy (non-hydrogen) atoms. The summed E-state index contributed by atoms with van der Waals surface area (Å²) in [4.78, 5) is 0. The second-order valence-electron chi connectivity index (χ2n) is 1.87. The van der Waals surface area contributed by atoms with Crippen molar-refractivity contribution in [2.24, 2.45) is 0 Å². The van der Waals surface area contributed by atoms with Gasteiger partial charge in [-0.05, 0) is 0 Å². The van der Waals surface area contributed by atoms with Crippen molar-refractivity contribution in [1.82, 2.24) is 0 Å². The second-order valence-corrected chi connectivity index (χ2v) is 1.87. The molecule has 0 saturated heterocycles. The smallest absolute Gasteiger partial charge is 0 e. The molecule has 0 amide bonds. The average molecular weight is 223 g/mol. The quantitative estimate of drug-likeness (QED) is 0.507. The summed E-state index contributed by atoms with van der Waals surface area (Å²) >= 11 is 0. The Hall–Kier alpha value is 0.324. The normalized spacial score (nSPS) is 11.5. The predicted molar refractivity (Wildman–Crippen MR) is 45.3 cm³/mol. The molecule has 0 aliphatic rings. The zero-order valence-corrected chi connectivity index (χ0v) is 10.1. The monoisotopic (exact) mass is 223 g/mol. The molecule has 0 saturated carbocycles. The van der Waals surface area contributed by atoms with Gasteiger partial charge in [0.25, 0.3) is 0 Å². The molecule has 0 spiro atoms. The minimum Gasteiger partial charge on any atom is -0.343 e. The predicted octanol–water partition coefficient (Wildman–Crippen LogP) is 3.08. The van der Waals surface area contributed by atoms with Gasteiger partial charge in [-0.2, -0.15) is 12.2 Å². The van der Waals surface area contributed by atoms with Crippen LogP contribution in [0, 0.1) is 12.2 Å². The van der Waals surface area contributed by atoms with E-state index in [1.165, 1.54) is 0 Å². The minimum absolute atomic E-state index is 0. The van der Waals surface area contributed by atoms with Gasteiger partial charge in [-0.25, -0.2) is 0 Å². The van der Waals surface area contributed by atoms with Crippen LogP contribution in [0.15, 0.2) is 24.3 Å². The van der Waals surface area contributed by atoms with Crippen molar-refractivity contribution in [3.05, 3.63) is 36.5 Å². The minimum atomic E-state index is 0. The molecular formula is C10H14Y-2. The number of allylic oxidation sites excluding steroid dienone is 6. The maximum Gasteiger partial charge on any atom is 0 e. The van der Waals surface area contributed by atoms with Crippen LogP contribution in [0.5, 0.6) is 0 Å². The van der Waals surface area contributed by atoms with Gasteiger partial charge in [-0.15, -0.1) is 6.42 Å². The first-order valence-corrected chi connectivity index (χ1v) is 3.71. The molecule has 0 nitrogen and oxygen atoms in total. The maximum atomic E-state index is 3.05. The largest absolute Gasteiger partial charge is 0.343 e. The third-order valence-electron chi connectivity index (χ3n) is 0.951. The van der Waals surface area contributed by atoms with Crippen molar-refractivity contribution in [1.29, 1.82) is 0 Å². The van der Waals surface area contributed by atoms with E-state index in [4.69, 9.17) is 0 Å². The third-order valence-corrected chi connectivity index (χ3v) is 0.951. The molecule has 0 unspecified atom stereocenters. The fourth-order valence-corrected chi connectivity index (χ4v) is 0.466. The van der Waals surface area contributed by atoms with Crippen molar-refractivity contribution in [3.8, 4) is 0 Å². The van der Waals surface area contributed by atoms with Crippen molar-refractivity contribution < 1.29 is 32.7 Å². The number of hydrogen-bond donors (Lipinski definition) is 0. The summed E-state index contributed by atoms with van der Waals surface area (Å²) in [6.45, 7) is 4.17. The van der Waals surface area contributed by atoms with Crippen LogP contribution < -0.4 is 0 Å². The fraction of sp³-hybridized carbons (Fsp3) is 0.400. The summed E-state index contributed by atoms with van der Waals surface area (Å²) in [5, 5.41) is 0. The molecule has 0 aliphatic heterocycles. The molecule has 0 aromatic rings. The van der Waals surface area contributed by atoms with Gasteiger partial charge in [-0.3, -0.25) is 6.08 Å². The zero-order valence-electron chi connectivity index (χ0n) is 7.30. The molecule has 0 fully saturated rings. The summed E-state index contributed by atoms with van der Waals surface area (Å²) in [6.07, 6.45) is 15.8. The summed E-state index contributed by atoms with van der Waals surface area (Å²) in [5.41, 5.74) is 0. The molecule has 1 heteroatoms. The fourth-order valence-electron chi connectivity index (χ4n) is 0.466. The Kier molecular flexibility index (Phi) is 16.3. The summed E-state index contributed by atoms with van der Waals surface area (Å²) in [6, 6.07) is 0. The second kappa shape index (κ2) is 13.0. The Balaban J connectivity index is 0. The van der Waals surface area contributed by atoms with E-state index in [1.54, 1.807) is 0 Å². The van der Waals surface area contributed by atoms with Gasteiger partial charge < -0.3 is 18.2 Å².